The molecule has 3 aromatic carbocycles. The third-order valence-electron chi connectivity index (χ3n) is 8.84. The van der Waals surface area contributed by atoms with Gasteiger partial charge in [-0.2, -0.15) is 0 Å². The number of likely N-dealkylation sites (tertiary alicyclic amines) is 2. The number of aryl methyl sites for hydroxylation is 1. The average Bonchev–Trinajstić information content (AvgIpc) is 3.48. The van der Waals surface area contributed by atoms with E-state index in [2.05, 4.69) is 48.2 Å². The normalized spacial score (nSPS) is 19.2. The summed E-state index contributed by atoms with van der Waals surface area (Å²) in [6, 6.07) is 24.5. The van der Waals surface area contributed by atoms with E-state index >= 15 is 0 Å². The van der Waals surface area contributed by atoms with Gasteiger partial charge in [0.2, 0.25) is 0 Å². The minimum atomic E-state index is -0.563. The first kappa shape index (κ1) is 32.1. The molecule has 0 N–H and O–H groups in total. The number of hydrogen-bond donors (Lipinski definition) is 0. The van der Waals surface area contributed by atoms with Gasteiger partial charge in [0.05, 0.1) is 6.04 Å². The van der Waals surface area contributed by atoms with E-state index in [-0.39, 0.29) is 18.0 Å². The molecule has 0 aromatic heterocycles. The number of ether oxygens (including phenoxy) is 1. The lowest BCUT2D eigenvalue weighted by atomic mass is 9.88. The van der Waals surface area contributed by atoms with Crippen molar-refractivity contribution in [3.63, 3.8) is 0 Å². The first-order valence-corrected chi connectivity index (χ1v) is 16.3. The zero-order valence-corrected chi connectivity index (χ0v) is 27.4. The third-order valence-corrected chi connectivity index (χ3v) is 9.21. The van der Waals surface area contributed by atoms with Crippen LogP contribution in [0.4, 0.5) is 4.79 Å². The number of carbonyl (C=O) groups excluding carboxylic acids is 2. The SMILES string of the molecule is Cc1ccccc1C1CCCN(Cc2ccc(C(=O)N(CCc3ccccc3Cl)[C@H]3CCN(C(=O)OC(C)(C)C)C3)cc2)C1. The van der Waals surface area contributed by atoms with Gasteiger partial charge in [0, 0.05) is 43.3 Å². The van der Waals surface area contributed by atoms with Crippen LogP contribution in [0.1, 0.15) is 78.6 Å². The van der Waals surface area contributed by atoms with Crippen molar-refractivity contribution in [1.29, 1.82) is 0 Å². The van der Waals surface area contributed by atoms with E-state index in [4.69, 9.17) is 16.3 Å². The van der Waals surface area contributed by atoms with E-state index in [1.54, 1.807) is 4.90 Å². The molecule has 44 heavy (non-hydrogen) atoms. The van der Waals surface area contributed by atoms with Gasteiger partial charge in [0.1, 0.15) is 5.60 Å². The maximum Gasteiger partial charge on any atom is 0.410 e. The number of carbonyl (C=O) groups is 2. The molecule has 2 amide bonds. The summed E-state index contributed by atoms with van der Waals surface area (Å²) in [7, 11) is 0. The molecular formula is C37H46ClN3O3. The van der Waals surface area contributed by atoms with Crippen molar-refractivity contribution in [3.8, 4) is 0 Å². The molecule has 2 heterocycles. The molecule has 6 nitrogen and oxygen atoms in total. The summed E-state index contributed by atoms with van der Waals surface area (Å²) in [6.45, 7) is 12.4. The molecule has 0 aliphatic carbocycles. The summed E-state index contributed by atoms with van der Waals surface area (Å²) in [5.41, 5.74) is 5.16. The summed E-state index contributed by atoms with van der Waals surface area (Å²) in [6.07, 6.45) is 3.44. The molecule has 2 fully saturated rings. The standard InChI is InChI=1S/C37H46ClN3O3/c1-27-10-5-7-13-33(27)31-12-9-21-39(25-31)24-28-15-17-30(18-16-28)35(42)41(23-19-29-11-6-8-14-34(29)38)32-20-22-40(26-32)36(43)44-37(2,3)4/h5-8,10-11,13-18,31-32H,9,12,19-26H2,1-4H3/t31?,32-/m0/s1. The monoisotopic (exact) mass is 615 g/mol. The van der Waals surface area contributed by atoms with Crippen LogP contribution in [0.3, 0.4) is 0 Å². The molecule has 2 atom stereocenters. The summed E-state index contributed by atoms with van der Waals surface area (Å²) in [5.74, 6) is 0.543. The Kier molecular flexibility index (Phi) is 10.3. The van der Waals surface area contributed by atoms with E-state index in [1.807, 2.05) is 62.1 Å². The number of benzene rings is 3. The molecule has 2 saturated heterocycles. The highest BCUT2D eigenvalue weighted by Crippen LogP contribution is 2.30. The van der Waals surface area contributed by atoms with Gasteiger partial charge in [-0.1, -0.05) is 66.2 Å². The summed E-state index contributed by atoms with van der Waals surface area (Å²) in [4.78, 5) is 33.0. The zero-order chi connectivity index (χ0) is 31.3. The molecule has 7 heteroatoms. The lowest BCUT2D eigenvalue weighted by Crippen LogP contribution is -2.44. The first-order chi connectivity index (χ1) is 21.1. The van der Waals surface area contributed by atoms with Gasteiger partial charge in [-0.3, -0.25) is 9.69 Å². The number of hydrogen-bond acceptors (Lipinski definition) is 4. The summed E-state index contributed by atoms with van der Waals surface area (Å²) in [5, 5.41) is 0.702. The first-order valence-electron chi connectivity index (χ1n) is 16.0. The van der Waals surface area contributed by atoms with Crippen LogP contribution in [0.15, 0.2) is 72.8 Å². The number of rotatable bonds is 8. The maximum absolute atomic E-state index is 14.0. The number of piperidine rings is 1. The highest BCUT2D eigenvalue weighted by molar-refractivity contribution is 6.31. The van der Waals surface area contributed by atoms with E-state index in [0.717, 1.165) is 25.2 Å². The highest BCUT2D eigenvalue weighted by Gasteiger charge is 2.35. The Morgan fingerprint density at radius 1 is 0.932 bits per heavy atom. The number of amides is 2. The smallest absolute Gasteiger partial charge is 0.410 e. The fraction of sp³-hybridized carbons (Fsp3) is 0.459. The zero-order valence-electron chi connectivity index (χ0n) is 26.6. The topological polar surface area (TPSA) is 53.1 Å². The van der Waals surface area contributed by atoms with Crippen LogP contribution in [0.2, 0.25) is 5.02 Å². The molecule has 2 aliphatic heterocycles. The molecular weight excluding hydrogens is 570 g/mol. The van der Waals surface area contributed by atoms with Crippen molar-refractivity contribution in [2.24, 2.45) is 0 Å². The fourth-order valence-corrected chi connectivity index (χ4v) is 6.79. The van der Waals surface area contributed by atoms with Gasteiger partial charge >= 0.3 is 6.09 Å². The molecule has 234 valence electrons. The Morgan fingerprint density at radius 2 is 1.66 bits per heavy atom. The Labute approximate surface area is 267 Å². The van der Waals surface area contributed by atoms with E-state index in [0.29, 0.717) is 49.0 Å². The Bertz CT molecular complexity index is 1430. The molecule has 2 aliphatic rings. The summed E-state index contributed by atoms with van der Waals surface area (Å²) >= 11 is 6.46. The summed E-state index contributed by atoms with van der Waals surface area (Å²) < 4.78 is 5.61. The van der Waals surface area contributed by atoms with Crippen LogP contribution in [0, 0.1) is 6.92 Å². The van der Waals surface area contributed by atoms with Crippen LogP contribution in [0.25, 0.3) is 0 Å². The Morgan fingerprint density at radius 3 is 2.39 bits per heavy atom. The predicted molar refractivity (Wildman–Crippen MR) is 177 cm³/mol. The molecule has 0 saturated carbocycles. The fourth-order valence-electron chi connectivity index (χ4n) is 6.56. The van der Waals surface area contributed by atoms with Crippen molar-refractivity contribution < 1.29 is 14.3 Å². The number of nitrogens with zero attached hydrogens (tertiary/aromatic N) is 3. The van der Waals surface area contributed by atoms with Crippen molar-refractivity contribution in [1.82, 2.24) is 14.7 Å². The van der Waals surface area contributed by atoms with Crippen molar-refractivity contribution in [2.45, 2.75) is 77.5 Å². The van der Waals surface area contributed by atoms with Gasteiger partial charge in [0.25, 0.3) is 5.91 Å². The van der Waals surface area contributed by atoms with Crippen LogP contribution in [-0.2, 0) is 17.7 Å². The lowest BCUT2D eigenvalue weighted by molar-refractivity contribution is 0.0275. The quantitative estimate of drug-likeness (QED) is 0.260. The van der Waals surface area contributed by atoms with Crippen molar-refractivity contribution >= 4 is 23.6 Å². The average molecular weight is 616 g/mol. The molecule has 5 rings (SSSR count). The molecule has 3 aromatic rings. The van der Waals surface area contributed by atoms with Crippen molar-refractivity contribution in [2.75, 3.05) is 32.7 Å². The van der Waals surface area contributed by atoms with Gasteiger partial charge < -0.3 is 14.5 Å². The Hall–Kier alpha value is -3.35. The second kappa shape index (κ2) is 14.2. The van der Waals surface area contributed by atoms with E-state index < -0.39 is 5.60 Å². The molecule has 0 spiro atoms. The van der Waals surface area contributed by atoms with E-state index in [9.17, 15) is 9.59 Å². The van der Waals surface area contributed by atoms with Gasteiger partial charge in [-0.15, -0.1) is 0 Å². The lowest BCUT2D eigenvalue weighted by Gasteiger charge is -2.33. The second-order valence-corrected chi connectivity index (χ2v) is 13.7. The van der Waals surface area contributed by atoms with Crippen LogP contribution in [0.5, 0.6) is 0 Å². The predicted octanol–water partition coefficient (Wildman–Crippen LogP) is 7.72. The number of halogens is 1. The third kappa shape index (κ3) is 8.22. The molecule has 0 bridgehead atoms. The molecule has 1 unspecified atom stereocenters. The minimum Gasteiger partial charge on any atom is -0.444 e. The largest absolute Gasteiger partial charge is 0.444 e. The minimum absolute atomic E-state index is 0.0165. The van der Waals surface area contributed by atoms with Gasteiger partial charge in [-0.25, -0.2) is 4.79 Å². The van der Waals surface area contributed by atoms with Crippen LogP contribution < -0.4 is 0 Å². The van der Waals surface area contributed by atoms with Gasteiger partial charge in [-0.05, 0) is 106 Å². The maximum atomic E-state index is 14.0. The second-order valence-electron chi connectivity index (χ2n) is 13.3. The highest BCUT2D eigenvalue weighted by atomic mass is 35.5. The molecule has 0 radical (unpaired) electrons. The Balaban J connectivity index is 1.26. The van der Waals surface area contributed by atoms with Crippen LogP contribution >= 0.6 is 11.6 Å². The van der Waals surface area contributed by atoms with E-state index in [1.165, 1.54) is 29.5 Å². The van der Waals surface area contributed by atoms with Crippen molar-refractivity contribution in [3.05, 3.63) is 106 Å². The van der Waals surface area contributed by atoms with Gasteiger partial charge in [0.15, 0.2) is 0 Å². The van der Waals surface area contributed by atoms with Crippen LogP contribution in [-0.4, -0.2) is 71.1 Å².